The van der Waals surface area contributed by atoms with Crippen molar-refractivity contribution < 1.29 is 53.8 Å². The molecule has 0 bridgehead atoms. The van der Waals surface area contributed by atoms with Crippen LogP contribution < -0.4 is 16.1 Å². The average Bonchev–Trinajstić information content (AvgIpc) is 3.22. The van der Waals surface area contributed by atoms with Crippen molar-refractivity contribution in [3.05, 3.63) is 85.8 Å². The number of halogens is 9. The predicted molar refractivity (Wildman–Crippen MR) is 143 cm³/mol. The average molecular weight is 653 g/mol. The highest BCUT2D eigenvalue weighted by molar-refractivity contribution is 5.85. The fourth-order valence-electron chi connectivity index (χ4n) is 4.79. The lowest BCUT2D eigenvalue weighted by atomic mass is 10.0. The molecule has 0 unspecified atom stereocenters. The van der Waals surface area contributed by atoms with Crippen LogP contribution in [0.4, 0.5) is 39.5 Å². The number of aromatic hydroxyl groups is 1. The molecule has 4 aromatic rings. The number of unbranched alkanes of at least 4 members (excludes halogenated alkanes) is 2. The van der Waals surface area contributed by atoms with Gasteiger partial charge in [0.2, 0.25) is 5.88 Å². The van der Waals surface area contributed by atoms with Crippen LogP contribution in [-0.2, 0) is 31.5 Å². The summed E-state index contributed by atoms with van der Waals surface area (Å²) in [4.78, 5) is 24.7. The fourth-order valence-corrected chi connectivity index (χ4v) is 4.79. The van der Waals surface area contributed by atoms with Gasteiger partial charge in [0.25, 0.3) is 0 Å². The van der Waals surface area contributed by atoms with Gasteiger partial charge in [0.05, 0.1) is 35.2 Å². The number of nitrogens with zero attached hydrogens (tertiary/aromatic N) is 2. The summed E-state index contributed by atoms with van der Waals surface area (Å²) in [5.41, 5.74) is -7.26. The Balaban J connectivity index is 1.45. The van der Waals surface area contributed by atoms with Crippen molar-refractivity contribution in [3.8, 4) is 17.3 Å². The number of aryl methyl sites for hydroxylation is 1. The Morgan fingerprint density at radius 2 is 1.49 bits per heavy atom. The molecule has 0 saturated carbocycles. The van der Waals surface area contributed by atoms with E-state index in [4.69, 9.17) is 9.15 Å². The lowest BCUT2D eigenvalue weighted by molar-refractivity contribution is -0.143. The molecule has 0 aliphatic heterocycles. The topological polar surface area (TPSA) is 86.6 Å². The van der Waals surface area contributed by atoms with Gasteiger partial charge in [-0.3, -0.25) is 9.13 Å². The zero-order chi connectivity index (χ0) is 33.3. The Hall–Kier alpha value is -4.37. The molecular weight excluding hydrogens is 627 g/mol. The van der Waals surface area contributed by atoms with E-state index in [9.17, 15) is 54.2 Å². The van der Waals surface area contributed by atoms with Gasteiger partial charge >= 0.3 is 29.8 Å². The standard InChI is InChI=1S/C29H25F9N2O5/c1-2-6-20-22(8-7-19-21(29(36,37)38)14-24(42)45-25(19)20)44-10-5-3-4-9-39-23(41)15-40(26(39)43)18-12-16(27(30,31)32)11-17(13-18)28(33,34)35/h7-8,11-15,41H,2-6,9-10H2,1H3. The molecule has 2 aromatic heterocycles. The maximum absolute atomic E-state index is 13.5. The number of aromatic nitrogens is 2. The molecule has 2 aromatic carbocycles. The molecule has 0 spiro atoms. The lowest BCUT2D eigenvalue weighted by Gasteiger charge is -2.15. The third-order valence-corrected chi connectivity index (χ3v) is 6.87. The summed E-state index contributed by atoms with van der Waals surface area (Å²) in [6.07, 6.45) is -12.6. The normalized spacial score (nSPS) is 12.7. The Morgan fingerprint density at radius 3 is 2.07 bits per heavy atom. The summed E-state index contributed by atoms with van der Waals surface area (Å²) in [5.74, 6) is -0.459. The maximum Gasteiger partial charge on any atom is 0.417 e. The molecule has 0 aliphatic rings. The van der Waals surface area contributed by atoms with Gasteiger partial charge in [-0.05, 0) is 56.0 Å². The molecule has 16 heteroatoms. The van der Waals surface area contributed by atoms with Crippen LogP contribution in [0.25, 0.3) is 16.7 Å². The second-order valence-electron chi connectivity index (χ2n) is 10.1. The minimum Gasteiger partial charge on any atom is -0.493 e. The third-order valence-electron chi connectivity index (χ3n) is 6.87. The van der Waals surface area contributed by atoms with Gasteiger partial charge in [0.15, 0.2) is 0 Å². The van der Waals surface area contributed by atoms with Crippen molar-refractivity contribution in [1.29, 1.82) is 0 Å². The third kappa shape index (κ3) is 7.48. The van der Waals surface area contributed by atoms with E-state index in [2.05, 4.69) is 0 Å². The van der Waals surface area contributed by atoms with E-state index in [1.807, 2.05) is 0 Å². The second kappa shape index (κ2) is 12.6. The van der Waals surface area contributed by atoms with Crippen LogP contribution in [0.3, 0.4) is 0 Å². The molecule has 0 aliphatic carbocycles. The molecule has 2 heterocycles. The molecule has 0 atom stereocenters. The first kappa shape index (κ1) is 33.5. The molecular formula is C29H25F9N2O5. The van der Waals surface area contributed by atoms with Crippen LogP contribution in [-0.4, -0.2) is 20.8 Å². The minimum atomic E-state index is -5.13. The number of ether oxygens (including phenoxy) is 1. The Morgan fingerprint density at radius 1 is 0.844 bits per heavy atom. The molecule has 7 nitrogen and oxygen atoms in total. The Labute approximate surface area is 248 Å². The van der Waals surface area contributed by atoms with Gasteiger partial charge in [-0.2, -0.15) is 39.5 Å². The molecule has 0 saturated heterocycles. The summed E-state index contributed by atoms with van der Waals surface area (Å²) >= 11 is 0. The first-order chi connectivity index (χ1) is 20.9. The van der Waals surface area contributed by atoms with Crippen LogP contribution in [0.5, 0.6) is 11.6 Å². The van der Waals surface area contributed by atoms with Crippen LogP contribution in [0.1, 0.15) is 54.9 Å². The quantitative estimate of drug-likeness (QED) is 0.108. The summed E-state index contributed by atoms with van der Waals surface area (Å²) in [5, 5.41) is 9.93. The van der Waals surface area contributed by atoms with Crippen LogP contribution in [0, 0.1) is 0 Å². The number of rotatable bonds is 10. The van der Waals surface area contributed by atoms with Crippen molar-refractivity contribution in [2.24, 2.45) is 0 Å². The van der Waals surface area contributed by atoms with Gasteiger partial charge < -0.3 is 14.3 Å². The van der Waals surface area contributed by atoms with Gasteiger partial charge in [-0.25, -0.2) is 9.59 Å². The molecule has 0 amide bonds. The number of hydrogen-bond donors (Lipinski definition) is 1. The molecule has 4 rings (SSSR count). The van der Waals surface area contributed by atoms with E-state index in [-0.39, 0.29) is 48.8 Å². The number of hydrogen-bond acceptors (Lipinski definition) is 5. The number of fused-ring (bicyclic) bond motifs is 1. The smallest absolute Gasteiger partial charge is 0.417 e. The fraction of sp³-hybridized carbons (Fsp3) is 0.379. The second-order valence-corrected chi connectivity index (χ2v) is 10.1. The Bertz CT molecular complexity index is 1770. The van der Waals surface area contributed by atoms with Crippen LogP contribution in [0.15, 0.2) is 56.6 Å². The molecule has 1 N–H and O–H groups in total. The van der Waals surface area contributed by atoms with Gasteiger partial charge in [-0.1, -0.05) is 13.3 Å². The number of alkyl halides is 9. The number of benzene rings is 2. The monoisotopic (exact) mass is 652 g/mol. The molecule has 244 valence electrons. The van der Waals surface area contributed by atoms with E-state index in [1.54, 1.807) is 6.92 Å². The van der Waals surface area contributed by atoms with Crippen molar-refractivity contribution in [3.63, 3.8) is 0 Å². The minimum absolute atomic E-state index is 0.0672. The van der Waals surface area contributed by atoms with E-state index < -0.39 is 58.1 Å². The SMILES string of the molecule is CCCc1c(OCCCCCn2c(O)cn(-c3cc(C(F)(F)F)cc(C(F)(F)F)c3)c2=O)ccc2c(C(F)(F)F)cc(=O)oc12. The zero-order valence-electron chi connectivity index (χ0n) is 23.4. The Kier molecular flexibility index (Phi) is 9.35. The van der Waals surface area contributed by atoms with Crippen molar-refractivity contribution >= 4 is 11.0 Å². The maximum atomic E-state index is 13.5. The molecule has 0 fully saturated rings. The largest absolute Gasteiger partial charge is 0.493 e. The summed E-state index contributed by atoms with van der Waals surface area (Å²) in [7, 11) is 0. The predicted octanol–water partition coefficient (Wildman–Crippen LogP) is 7.71. The zero-order valence-corrected chi connectivity index (χ0v) is 23.4. The highest BCUT2D eigenvalue weighted by atomic mass is 19.4. The van der Waals surface area contributed by atoms with Crippen molar-refractivity contribution in [2.45, 2.75) is 64.1 Å². The lowest BCUT2D eigenvalue weighted by Crippen LogP contribution is -2.24. The summed E-state index contributed by atoms with van der Waals surface area (Å²) in [6, 6.07) is 3.54. The van der Waals surface area contributed by atoms with E-state index in [0.717, 1.165) is 16.8 Å². The van der Waals surface area contributed by atoms with Gasteiger partial charge in [-0.15, -0.1) is 0 Å². The van der Waals surface area contributed by atoms with Crippen molar-refractivity contribution in [2.75, 3.05) is 6.61 Å². The number of imidazole rings is 1. The summed E-state index contributed by atoms with van der Waals surface area (Å²) in [6.45, 7) is 1.71. The molecule has 0 radical (unpaired) electrons. The van der Waals surface area contributed by atoms with E-state index in [1.165, 1.54) is 6.07 Å². The van der Waals surface area contributed by atoms with Gasteiger partial charge in [0.1, 0.15) is 11.3 Å². The summed E-state index contributed by atoms with van der Waals surface area (Å²) < 4.78 is 132. The first-order valence-corrected chi connectivity index (χ1v) is 13.5. The van der Waals surface area contributed by atoms with E-state index >= 15 is 0 Å². The molecule has 45 heavy (non-hydrogen) atoms. The van der Waals surface area contributed by atoms with E-state index in [0.29, 0.717) is 47.6 Å². The van der Waals surface area contributed by atoms with Crippen LogP contribution >= 0.6 is 0 Å². The highest BCUT2D eigenvalue weighted by Gasteiger charge is 2.37. The highest BCUT2D eigenvalue weighted by Crippen LogP contribution is 2.39. The van der Waals surface area contributed by atoms with Crippen LogP contribution in [0.2, 0.25) is 0 Å². The van der Waals surface area contributed by atoms with Crippen molar-refractivity contribution in [1.82, 2.24) is 9.13 Å². The van der Waals surface area contributed by atoms with Gasteiger partial charge in [0, 0.05) is 23.6 Å². The first-order valence-electron chi connectivity index (χ1n) is 13.5.